The number of carbonyl (C=O) groups excluding carboxylic acids is 2. The van der Waals surface area contributed by atoms with E-state index in [1.165, 1.54) is 0 Å². The normalized spacial score (nSPS) is 18.9. The van der Waals surface area contributed by atoms with Crippen molar-refractivity contribution in [3.05, 3.63) is 34.0 Å². The highest BCUT2D eigenvalue weighted by Crippen LogP contribution is 2.29. The molecule has 0 radical (unpaired) electrons. The molecule has 21 heavy (non-hydrogen) atoms. The van der Waals surface area contributed by atoms with Crippen LogP contribution in [0.2, 0.25) is 0 Å². The van der Waals surface area contributed by atoms with Gasteiger partial charge in [0.2, 0.25) is 5.91 Å². The predicted molar refractivity (Wildman–Crippen MR) is 82.2 cm³/mol. The zero-order valence-electron chi connectivity index (χ0n) is 11.8. The number of aryl methyl sites for hydroxylation is 1. The Bertz CT molecular complexity index is 738. The highest BCUT2D eigenvalue weighted by molar-refractivity contribution is 9.10. The molecule has 1 N–H and O–H groups in total. The summed E-state index contributed by atoms with van der Waals surface area (Å²) in [4.78, 5) is 25.9. The molecule has 0 aliphatic carbocycles. The van der Waals surface area contributed by atoms with Crippen LogP contribution in [0.5, 0.6) is 0 Å². The Morgan fingerprint density at radius 1 is 1.48 bits per heavy atom. The molecule has 1 fully saturated rings. The van der Waals surface area contributed by atoms with Gasteiger partial charge in [-0.2, -0.15) is 0 Å². The van der Waals surface area contributed by atoms with E-state index in [0.29, 0.717) is 24.4 Å². The Morgan fingerprint density at radius 2 is 2.24 bits per heavy atom. The summed E-state index contributed by atoms with van der Waals surface area (Å²) in [5.41, 5.74) is 1.47. The summed E-state index contributed by atoms with van der Waals surface area (Å²) in [6, 6.07) is 5.15. The van der Waals surface area contributed by atoms with Crippen LogP contribution in [0.1, 0.15) is 23.0 Å². The molecule has 1 aromatic heterocycles. The van der Waals surface area contributed by atoms with E-state index in [4.69, 9.17) is 4.42 Å². The van der Waals surface area contributed by atoms with Crippen molar-refractivity contribution in [3.63, 3.8) is 0 Å². The molecule has 1 atom stereocenters. The number of hydrogen-bond donors (Lipinski definition) is 1. The van der Waals surface area contributed by atoms with Crippen molar-refractivity contribution in [1.82, 2.24) is 10.2 Å². The minimum Gasteiger partial charge on any atom is -0.451 e. The van der Waals surface area contributed by atoms with Crippen molar-refractivity contribution in [1.29, 1.82) is 0 Å². The lowest BCUT2D eigenvalue weighted by molar-refractivity contribution is -0.127. The van der Waals surface area contributed by atoms with Gasteiger partial charge >= 0.3 is 0 Å². The van der Waals surface area contributed by atoms with Gasteiger partial charge < -0.3 is 14.6 Å². The second kappa shape index (κ2) is 5.18. The first-order chi connectivity index (χ1) is 9.99. The summed E-state index contributed by atoms with van der Waals surface area (Å²) in [6.45, 7) is 4.55. The van der Waals surface area contributed by atoms with Crippen LogP contribution in [-0.2, 0) is 4.79 Å². The summed E-state index contributed by atoms with van der Waals surface area (Å²) < 4.78 is 6.64. The van der Waals surface area contributed by atoms with Gasteiger partial charge in [0.15, 0.2) is 5.76 Å². The maximum Gasteiger partial charge on any atom is 0.290 e. The molecule has 3 rings (SSSR count). The van der Waals surface area contributed by atoms with Crippen LogP contribution in [0.4, 0.5) is 0 Å². The molecule has 110 valence electrons. The van der Waals surface area contributed by atoms with E-state index >= 15 is 0 Å². The number of halogens is 1. The van der Waals surface area contributed by atoms with Gasteiger partial charge in [-0.15, -0.1) is 0 Å². The van der Waals surface area contributed by atoms with Crippen LogP contribution in [0.3, 0.4) is 0 Å². The standard InChI is InChI=1S/C15H15BrN2O3/c1-8-11-7-10(16)3-4-12(11)21-13(8)15(20)18-6-5-17-14(19)9(18)2/h3-4,7,9H,5-6H2,1-2H3,(H,17,19). The van der Waals surface area contributed by atoms with Crippen LogP contribution in [0.15, 0.2) is 27.1 Å². The monoisotopic (exact) mass is 350 g/mol. The molecular weight excluding hydrogens is 336 g/mol. The van der Waals surface area contributed by atoms with Gasteiger partial charge in [-0.3, -0.25) is 9.59 Å². The maximum atomic E-state index is 12.7. The van der Waals surface area contributed by atoms with Crippen molar-refractivity contribution in [3.8, 4) is 0 Å². The molecule has 2 aromatic rings. The first-order valence-electron chi connectivity index (χ1n) is 6.76. The molecule has 2 amide bonds. The highest BCUT2D eigenvalue weighted by Gasteiger charge is 2.32. The number of carbonyl (C=O) groups is 2. The molecule has 1 aromatic carbocycles. The average molecular weight is 351 g/mol. The summed E-state index contributed by atoms with van der Waals surface area (Å²) in [6.07, 6.45) is 0. The molecule has 1 aliphatic heterocycles. The molecule has 6 heteroatoms. The first-order valence-corrected chi connectivity index (χ1v) is 7.55. The van der Waals surface area contributed by atoms with Gasteiger partial charge in [-0.1, -0.05) is 15.9 Å². The maximum absolute atomic E-state index is 12.7. The first kappa shape index (κ1) is 14.1. The molecule has 0 bridgehead atoms. The predicted octanol–water partition coefficient (Wildman–Crippen LogP) is 2.46. The van der Waals surface area contributed by atoms with E-state index in [1.54, 1.807) is 11.8 Å². The lowest BCUT2D eigenvalue weighted by Gasteiger charge is -2.32. The fourth-order valence-electron chi connectivity index (χ4n) is 2.59. The van der Waals surface area contributed by atoms with E-state index in [2.05, 4.69) is 21.2 Å². The third kappa shape index (κ3) is 2.33. The lowest BCUT2D eigenvalue weighted by atomic mass is 10.1. The average Bonchev–Trinajstić information content (AvgIpc) is 2.78. The molecule has 0 spiro atoms. The quantitative estimate of drug-likeness (QED) is 0.859. The van der Waals surface area contributed by atoms with Gasteiger partial charge in [-0.05, 0) is 32.0 Å². The number of piperazine rings is 1. The van der Waals surface area contributed by atoms with Crippen molar-refractivity contribution in [2.75, 3.05) is 13.1 Å². The van der Waals surface area contributed by atoms with E-state index in [9.17, 15) is 9.59 Å². The molecule has 5 nitrogen and oxygen atoms in total. The van der Waals surface area contributed by atoms with Crippen LogP contribution in [0.25, 0.3) is 11.0 Å². The van der Waals surface area contributed by atoms with Gasteiger partial charge in [-0.25, -0.2) is 0 Å². The zero-order valence-corrected chi connectivity index (χ0v) is 13.4. The van der Waals surface area contributed by atoms with Crippen LogP contribution in [0, 0.1) is 6.92 Å². The summed E-state index contributed by atoms with van der Waals surface area (Å²) >= 11 is 3.42. The Labute approximate surface area is 130 Å². The zero-order chi connectivity index (χ0) is 15.1. The Morgan fingerprint density at radius 3 is 3.00 bits per heavy atom. The second-order valence-corrected chi connectivity index (χ2v) is 6.08. The number of fused-ring (bicyclic) bond motifs is 1. The number of rotatable bonds is 1. The van der Waals surface area contributed by atoms with Gasteiger partial charge in [0.25, 0.3) is 5.91 Å². The van der Waals surface area contributed by atoms with Crippen molar-refractivity contribution in [2.45, 2.75) is 19.9 Å². The third-order valence-electron chi connectivity index (χ3n) is 3.85. The smallest absolute Gasteiger partial charge is 0.290 e. The number of furan rings is 1. The van der Waals surface area contributed by atoms with E-state index < -0.39 is 6.04 Å². The van der Waals surface area contributed by atoms with Crippen LogP contribution >= 0.6 is 15.9 Å². The number of benzene rings is 1. The fourth-order valence-corrected chi connectivity index (χ4v) is 2.95. The van der Waals surface area contributed by atoms with E-state index in [0.717, 1.165) is 15.4 Å². The lowest BCUT2D eigenvalue weighted by Crippen LogP contribution is -2.55. The van der Waals surface area contributed by atoms with E-state index in [1.807, 2.05) is 25.1 Å². The minimum atomic E-state index is -0.481. The Kier molecular flexibility index (Phi) is 3.49. The fraction of sp³-hybridized carbons (Fsp3) is 0.333. The topological polar surface area (TPSA) is 62.6 Å². The van der Waals surface area contributed by atoms with Crippen LogP contribution < -0.4 is 5.32 Å². The molecule has 1 unspecified atom stereocenters. The van der Waals surface area contributed by atoms with Crippen LogP contribution in [-0.4, -0.2) is 35.8 Å². The Hall–Kier alpha value is -1.82. The number of amides is 2. The highest BCUT2D eigenvalue weighted by atomic mass is 79.9. The number of nitrogens with one attached hydrogen (secondary N) is 1. The molecule has 0 saturated carbocycles. The van der Waals surface area contributed by atoms with Crippen molar-refractivity contribution < 1.29 is 14.0 Å². The largest absolute Gasteiger partial charge is 0.451 e. The van der Waals surface area contributed by atoms with Crippen molar-refractivity contribution >= 4 is 38.7 Å². The SMILES string of the molecule is Cc1c(C(=O)N2CCNC(=O)C2C)oc2ccc(Br)cc12. The van der Waals surface area contributed by atoms with E-state index in [-0.39, 0.29) is 11.8 Å². The van der Waals surface area contributed by atoms with Gasteiger partial charge in [0, 0.05) is 28.5 Å². The molecule has 2 heterocycles. The second-order valence-electron chi connectivity index (χ2n) is 5.16. The van der Waals surface area contributed by atoms with Gasteiger partial charge in [0.05, 0.1) is 0 Å². The third-order valence-corrected chi connectivity index (χ3v) is 4.35. The molecule has 1 aliphatic rings. The summed E-state index contributed by atoms with van der Waals surface area (Å²) in [5, 5.41) is 3.65. The molecular formula is C15H15BrN2O3. The number of hydrogen-bond acceptors (Lipinski definition) is 3. The number of nitrogens with zero attached hydrogens (tertiary/aromatic N) is 1. The minimum absolute atomic E-state index is 0.133. The summed E-state index contributed by atoms with van der Waals surface area (Å²) in [5.74, 6) is -0.0575. The Balaban J connectivity index is 2.01. The molecule has 1 saturated heterocycles. The van der Waals surface area contributed by atoms with Crippen molar-refractivity contribution in [2.24, 2.45) is 0 Å². The summed E-state index contributed by atoms with van der Waals surface area (Å²) in [7, 11) is 0. The van der Waals surface area contributed by atoms with Gasteiger partial charge in [0.1, 0.15) is 11.6 Å².